The van der Waals surface area contributed by atoms with Crippen LogP contribution in [0.2, 0.25) is 0 Å². The predicted octanol–water partition coefficient (Wildman–Crippen LogP) is 3.25. The summed E-state index contributed by atoms with van der Waals surface area (Å²) in [6.45, 7) is 6.94. The van der Waals surface area contributed by atoms with E-state index in [9.17, 15) is 4.79 Å². The van der Waals surface area contributed by atoms with Crippen LogP contribution in [-0.2, 0) is 4.79 Å². The van der Waals surface area contributed by atoms with Gasteiger partial charge in [0.15, 0.2) is 0 Å². The van der Waals surface area contributed by atoms with Crippen LogP contribution in [-0.4, -0.2) is 56.0 Å². The van der Waals surface area contributed by atoms with E-state index in [0.717, 1.165) is 37.1 Å². The lowest BCUT2D eigenvalue weighted by Gasteiger charge is -2.36. The molecule has 2 heterocycles. The van der Waals surface area contributed by atoms with Gasteiger partial charge in [-0.15, -0.1) is 5.10 Å². The van der Waals surface area contributed by atoms with Gasteiger partial charge in [0.25, 0.3) is 0 Å². The van der Waals surface area contributed by atoms with Crippen LogP contribution < -0.4 is 4.74 Å². The van der Waals surface area contributed by atoms with Gasteiger partial charge in [-0.05, 0) is 67.7 Å². The quantitative estimate of drug-likeness (QED) is 0.706. The number of carbonyl (C=O) groups is 1. The second kappa shape index (κ2) is 8.73. The number of thioether (sulfide) groups is 1. The Balaban J connectivity index is 1.80. The van der Waals surface area contributed by atoms with E-state index in [1.165, 1.54) is 18.2 Å². The molecule has 2 aromatic rings. The smallest absolute Gasteiger partial charge is 0.236 e. The van der Waals surface area contributed by atoms with Gasteiger partial charge in [-0.2, -0.15) is 4.68 Å². The van der Waals surface area contributed by atoms with Crippen LogP contribution in [0.15, 0.2) is 23.4 Å². The standard InChI is InChI=1S/C19H27N5O2S/c1-5-15-8-6-7-11-23(15)18(25)14(3)27-19-20-21-22-24(19)16-12-13(2)9-10-17(16)26-4/h9-10,12,14-15H,5-8,11H2,1-4H3/t14-,15-/m1/s1. The van der Waals surface area contributed by atoms with Gasteiger partial charge in [-0.1, -0.05) is 24.8 Å². The number of aryl methyl sites for hydroxylation is 1. The molecule has 0 spiro atoms. The number of hydrogen-bond donors (Lipinski definition) is 0. The highest BCUT2D eigenvalue weighted by Crippen LogP contribution is 2.30. The molecule has 8 heteroatoms. The van der Waals surface area contributed by atoms with Crippen molar-refractivity contribution < 1.29 is 9.53 Å². The van der Waals surface area contributed by atoms with Crippen LogP contribution in [0.4, 0.5) is 0 Å². The molecule has 1 saturated heterocycles. The Hall–Kier alpha value is -2.09. The van der Waals surface area contributed by atoms with Crippen molar-refractivity contribution in [1.29, 1.82) is 0 Å². The molecule has 27 heavy (non-hydrogen) atoms. The minimum Gasteiger partial charge on any atom is -0.494 e. The summed E-state index contributed by atoms with van der Waals surface area (Å²) in [7, 11) is 1.62. The average Bonchev–Trinajstić information content (AvgIpc) is 3.15. The highest BCUT2D eigenvalue weighted by Gasteiger charge is 2.30. The number of amides is 1. The maximum atomic E-state index is 13.0. The molecule has 0 bridgehead atoms. The van der Waals surface area contributed by atoms with Crippen molar-refractivity contribution in [3.63, 3.8) is 0 Å². The molecule has 3 rings (SSSR count). The molecule has 0 N–H and O–H groups in total. The van der Waals surface area contributed by atoms with Crippen molar-refractivity contribution in [1.82, 2.24) is 25.1 Å². The molecule has 1 aromatic carbocycles. The molecule has 1 amide bonds. The van der Waals surface area contributed by atoms with Gasteiger partial charge in [-0.25, -0.2) is 0 Å². The zero-order valence-electron chi connectivity index (χ0n) is 16.4. The number of aromatic nitrogens is 4. The highest BCUT2D eigenvalue weighted by atomic mass is 32.2. The van der Waals surface area contributed by atoms with Crippen molar-refractivity contribution in [2.24, 2.45) is 0 Å². The van der Waals surface area contributed by atoms with Crippen LogP contribution >= 0.6 is 11.8 Å². The Bertz CT molecular complexity index is 794. The zero-order valence-corrected chi connectivity index (χ0v) is 17.2. The van der Waals surface area contributed by atoms with E-state index < -0.39 is 0 Å². The molecular weight excluding hydrogens is 362 g/mol. The molecule has 0 unspecified atom stereocenters. The minimum absolute atomic E-state index is 0.164. The van der Waals surface area contributed by atoms with E-state index in [-0.39, 0.29) is 11.2 Å². The van der Waals surface area contributed by atoms with E-state index in [0.29, 0.717) is 16.9 Å². The van der Waals surface area contributed by atoms with Gasteiger partial charge in [0.1, 0.15) is 11.4 Å². The largest absolute Gasteiger partial charge is 0.494 e. The summed E-state index contributed by atoms with van der Waals surface area (Å²) < 4.78 is 7.10. The van der Waals surface area contributed by atoms with Gasteiger partial charge in [0.2, 0.25) is 11.1 Å². The van der Waals surface area contributed by atoms with Crippen LogP contribution in [0, 0.1) is 6.92 Å². The number of likely N-dealkylation sites (tertiary alicyclic amines) is 1. The second-order valence-electron chi connectivity index (χ2n) is 6.90. The third-order valence-corrected chi connectivity index (χ3v) is 6.04. The third-order valence-electron chi connectivity index (χ3n) is 5.01. The number of piperidine rings is 1. The second-order valence-corrected chi connectivity index (χ2v) is 8.21. The number of carbonyl (C=O) groups excluding carboxylic acids is 1. The van der Waals surface area contributed by atoms with Gasteiger partial charge in [-0.3, -0.25) is 4.79 Å². The summed E-state index contributed by atoms with van der Waals surface area (Å²) in [5.41, 5.74) is 1.86. The number of ether oxygens (including phenoxy) is 1. The minimum atomic E-state index is -0.252. The summed E-state index contributed by atoms with van der Waals surface area (Å²) >= 11 is 1.39. The fourth-order valence-electron chi connectivity index (χ4n) is 3.53. The first kappa shape index (κ1) is 19.7. The molecule has 1 aliphatic rings. The third kappa shape index (κ3) is 4.26. The molecule has 0 saturated carbocycles. The molecule has 1 aliphatic heterocycles. The maximum Gasteiger partial charge on any atom is 0.236 e. The number of rotatable bonds is 6. The molecule has 2 atom stereocenters. The van der Waals surface area contributed by atoms with Crippen molar-refractivity contribution >= 4 is 17.7 Å². The van der Waals surface area contributed by atoms with Crippen LogP contribution in [0.25, 0.3) is 5.69 Å². The van der Waals surface area contributed by atoms with E-state index in [4.69, 9.17) is 4.74 Å². The monoisotopic (exact) mass is 389 g/mol. The number of benzene rings is 1. The topological polar surface area (TPSA) is 73.1 Å². The summed E-state index contributed by atoms with van der Waals surface area (Å²) in [4.78, 5) is 15.1. The lowest BCUT2D eigenvalue weighted by molar-refractivity contribution is -0.134. The van der Waals surface area contributed by atoms with Crippen LogP contribution in [0.1, 0.15) is 45.1 Å². The maximum absolute atomic E-state index is 13.0. The van der Waals surface area contributed by atoms with E-state index in [2.05, 4.69) is 22.4 Å². The highest BCUT2D eigenvalue weighted by molar-refractivity contribution is 8.00. The number of methoxy groups -OCH3 is 1. The van der Waals surface area contributed by atoms with Crippen LogP contribution in [0.3, 0.4) is 0 Å². The Morgan fingerprint density at radius 3 is 2.96 bits per heavy atom. The molecule has 0 aliphatic carbocycles. The Kier molecular flexibility index (Phi) is 6.36. The average molecular weight is 390 g/mol. The molecular formula is C19H27N5O2S. The van der Waals surface area contributed by atoms with E-state index in [1.54, 1.807) is 11.8 Å². The summed E-state index contributed by atoms with van der Waals surface area (Å²) in [6.07, 6.45) is 4.38. The van der Waals surface area contributed by atoms with Crippen molar-refractivity contribution in [3.05, 3.63) is 23.8 Å². The molecule has 1 fully saturated rings. The number of nitrogens with zero attached hydrogens (tertiary/aromatic N) is 5. The fourth-order valence-corrected chi connectivity index (χ4v) is 4.40. The number of hydrogen-bond acceptors (Lipinski definition) is 6. The van der Waals surface area contributed by atoms with Crippen molar-refractivity contribution in [2.45, 2.75) is 62.9 Å². The van der Waals surface area contributed by atoms with Crippen LogP contribution in [0.5, 0.6) is 5.75 Å². The zero-order chi connectivity index (χ0) is 19.4. The van der Waals surface area contributed by atoms with E-state index >= 15 is 0 Å². The van der Waals surface area contributed by atoms with Crippen molar-refractivity contribution in [3.8, 4) is 11.4 Å². The predicted molar refractivity (Wildman–Crippen MR) is 105 cm³/mol. The van der Waals surface area contributed by atoms with E-state index in [1.807, 2.05) is 36.9 Å². The Labute approximate surface area is 164 Å². The summed E-state index contributed by atoms with van der Waals surface area (Å²) in [5.74, 6) is 0.855. The lowest BCUT2D eigenvalue weighted by Crippen LogP contribution is -2.46. The summed E-state index contributed by atoms with van der Waals surface area (Å²) in [5, 5.41) is 12.4. The molecule has 146 valence electrons. The number of tetrazole rings is 1. The van der Waals surface area contributed by atoms with Gasteiger partial charge >= 0.3 is 0 Å². The normalized spacial score (nSPS) is 18.4. The van der Waals surface area contributed by atoms with Gasteiger partial charge in [0, 0.05) is 12.6 Å². The fraction of sp³-hybridized carbons (Fsp3) is 0.579. The Morgan fingerprint density at radius 1 is 1.41 bits per heavy atom. The molecule has 0 radical (unpaired) electrons. The van der Waals surface area contributed by atoms with Crippen molar-refractivity contribution in [2.75, 3.05) is 13.7 Å². The first-order valence-corrected chi connectivity index (χ1v) is 10.3. The molecule has 1 aromatic heterocycles. The SMILES string of the molecule is CC[C@@H]1CCCCN1C(=O)[C@@H](C)Sc1nnnn1-c1cc(C)ccc1OC. The first-order valence-electron chi connectivity index (χ1n) is 9.45. The molecule has 7 nitrogen and oxygen atoms in total. The summed E-state index contributed by atoms with van der Waals surface area (Å²) in [6, 6.07) is 6.20. The first-order chi connectivity index (χ1) is 13.0. The van der Waals surface area contributed by atoms with Gasteiger partial charge in [0.05, 0.1) is 12.4 Å². The lowest BCUT2D eigenvalue weighted by atomic mass is 10.00. The van der Waals surface area contributed by atoms with Gasteiger partial charge < -0.3 is 9.64 Å². The Morgan fingerprint density at radius 2 is 2.22 bits per heavy atom.